The van der Waals surface area contributed by atoms with E-state index in [9.17, 15) is 4.79 Å². The molecule has 5 nitrogen and oxygen atoms in total. The predicted molar refractivity (Wildman–Crippen MR) is 149 cm³/mol. The third kappa shape index (κ3) is 3.87. The first-order chi connectivity index (χ1) is 18.3. The topological polar surface area (TPSA) is 54.0 Å². The first-order valence-corrected chi connectivity index (χ1v) is 15.8. The predicted octanol–water partition coefficient (Wildman–Crippen LogP) is 6.74. The van der Waals surface area contributed by atoms with Gasteiger partial charge in [-0.15, -0.1) is 11.8 Å². The molecule has 11 atom stereocenters. The summed E-state index contributed by atoms with van der Waals surface area (Å²) >= 11 is 1.94. The summed E-state index contributed by atoms with van der Waals surface area (Å²) in [5, 5.41) is 0.283. The van der Waals surface area contributed by atoms with Crippen LogP contribution in [0.25, 0.3) is 0 Å². The molecule has 1 unspecified atom stereocenters. The second kappa shape index (κ2) is 10.1. The monoisotopic (exact) mass is 542 g/mol. The lowest BCUT2D eigenvalue weighted by Crippen LogP contribution is -2.68. The van der Waals surface area contributed by atoms with Crippen LogP contribution in [0.2, 0.25) is 0 Å². The summed E-state index contributed by atoms with van der Waals surface area (Å²) in [6.07, 6.45) is 9.22. The summed E-state index contributed by atoms with van der Waals surface area (Å²) < 4.78 is 24.8. The number of methoxy groups -OCH3 is 2. The van der Waals surface area contributed by atoms with Gasteiger partial charge in [0.2, 0.25) is 0 Å². The Labute approximate surface area is 233 Å². The average Bonchev–Trinajstić information content (AvgIpc) is 3.06. The van der Waals surface area contributed by atoms with Crippen molar-refractivity contribution in [3.63, 3.8) is 0 Å². The van der Waals surface area contributed by atoms with E-state index < -0.39 is 12.2 Å². The second-order valence-electron chi connectivity index (χ2n) is 13.2. The Morgan fingerprint density at radius 2 is 1.82 bits per heavy atom. The van der Waals surface area contributed by atoms with Crippen molar-refractivity contribution in [1.82, 2.24) is 0 Å². The van der Waals surface area contributed by atoms with Crippen LogP contribution in [0.1, 0.15) is 72.1 Å². The van der Waals surface area contributed by atoms with Gasteiger partial charge in [0.05, 0.1) is 18.3 Å². The van der Waals surface area contributed by atoms with Gasteiger partial charge in [0.15, 0.2) is 6.29 Å². The van der Waals surface area contributed by atoms with E-state index in [1.165, 1.54) is 43.4 Å². The highest BCUT2D eigenvalue weighted by Gasteiger charge is 2.76. The van der Waals surface area contributed by atoms with Crippen molar-refractivity contribution < 1.29 is 23.7 Å². The van der Waals surface area contributed by atoms with Crippen molar-refractivity contribution in [3.05, 3.63) is 30.3 Å². The molecule has 38 heavy (non-hydrogen) atoms. The minimum atomic E-state index is -0.554. The van der Waals surface area contributed by atoms with Crippen LogP contribution >= 0.6 is 11.8 Å². The number of hydrogen-bond acceptors (Lipinski definition) is 6. The third-order valence-corrected chi connectivity index (χ3v) is 13.3. The average molecular weight is 543 g/mol. The molecule has 5 fully saturated rings. The van der Waals surface area contributed by atoms with E-state index in [4.69, 9.17) is 18.9 Å². The van der Waals surface area contributed by atoms with Crippen LogP contribution in [0.3, 0.4) is 0 Å². The van der Waals surface area contributed by atoms with Crippen LogP contribution in [0, 0.1) is 40.4 Å². The first-order valence-electron chi connectivity index (χ1n) is 14.9. The Hall–Kier alpha value is -1.08. The summed E-state index contributed by atoms with van der Waals surface area (Å²) in [5.74, 6) is 1.46. The fourth-order valence-electron chi connectivity index (χ4n) is 10.2. The zero-order valence-corrected chi connectivity index (χ0v) is 24.6. The van der Waals surface area contributed by atoms with Crippen molar-refractivity contribution in [2.24, 2.45) is 40.4 Å². The lowest BCUT2D eigenvalue weighted by Gasteiger charge is -2.67. The molecule has 0 aromatic heterocycles. The summed E-state index contributed by atoms with van der Waals surface area (Å²) in [4.78, 5) is 14.8. The van der Waals surface area contributed by atoms with E-state index in [1.54, 1.807) is 7.11 Å². The normalized spacial score (nSPS) is 47.5. The van der Waals surface area contributed by atoms with Crippen LogP contribution in [-0.2, 0) is 23.7 Å². The van der Waals surface area contributed by atoms with Gasteiger partial charge in [0, 0.05) is 29.8 Å². The Morgan fingerprint density at radius 3 is 2.53 bits per heavy atom. The molecule has 2 bridgehead atoms. The number of benzene rings is 1. The van der Waals surface area contributed by atoms with E-state index in [0.29, 0.717) is 30.0 Å². The number of ether oxygens (including phenoxy) is 4. The largest absolute Gasteiger partial charge is 0.466 e. The fourth-order valence-corrected chi connectivity index (χ4v) is 11.9. The molecule has 0 spiro atoms. The Kier molecular flexibility index (Phi) is 7.19. The van der Waals surface area contributed by atoms with Gasteiger partial charge in [-0.3, -0.25) is 4.79 Å². The minimum absolute atomic E-state index is 0.0833. The first kappa shape index (κ1) is 27.1. The highest BCUT2D eigenvalue weighted by Crippen LogP contribution is 2.74. The lowest BCUT2D eigenvalue weighted by atomic mass is 9.42. The van der Waals surface area contributed by atoms with Gasteiger partial charge in [-0.25, -0.2) is 0 Å². The Balaban J connectivity index is 1.40. The molecule has 6 heteroatoms. The van der Waals surface area contributed by atoms with E-state index in [-0.39, 0.29) is 28.2 Å². The molecule has 1 aromatic carbocycles. The van der Waals surface area contributed by atoms with Crippen LogP contribution in [-0.4, -0.2) is 50.0 Å². The molecule has 1 heterocycles. The quantitative estimate of drug-likeness (QED) is 0.371. The van der Waals surface area contributed by atoms with Gasteiger partial charge in [-0.05, 0) is 99.5 Å². The Morgan fingerprint density at radius 1 is 1.03 bits per heavy atom. The van der Waals surface area contributed by atoms with Crippen molar-refractivity contribution in [2.45, 2.75) is 100 Å². The molecule has 0 radical (unpaired) electrons. The maximum atomic E-state index is 13.5. The van der Waals surface area contributed by atoms with Gasteiger partial charge in [0.1, 0.15) is 5.92 Å². The number of carbonyl (C=O) groups is 1. The zero-order valence-electron chi connectivity index (χ0n) is 23.8. The van der Waals surface area contributed by atoms with E-state index >= 15 is 0 Å². The minimum Gasteiger partial charge on any atom is -0.466 e. The van der Waals surface area contributed by atoms with Crippen LogP contribution in [0.4, 0.5) is 0 Å². The summed E-state index contributed by atoms with van der Waals surface area (Å²) in [6.45, 7) is 7.31. The van der Waals surface area contributed by atoms with Crippen molar-refractivity contribution in [2.75, 3.05) is 20.8 Å². The maximum Gasteiger partial charge on any atom is 0.314 e. The van der Waals surface area contributed by atoms with Gasteiger partial charge >= 0.3 is 5.97 Å². The molecule has 4 aliphatic carbocycles. The number of rotatable bonds is 6. The molecule has 210 valence electrons. The van der Waals surface area contributed by atoms with E-state index in [1.807, 2.05) is 25.8 Å². The maximum absolute atomic E-state index is 13.5. The van der Waals surface area contributed by atoms with E-state index in [2.05, 4.69) is 44.2 Å². The van der Waals surface area contributed by atoms with Crippen molar-refractivity contribution >= 4 is 17.7 Å². The highest BCUT2D eigenvalue weighted by atomic mass is 32.2. The summed E-state index contributed by atoms with van der Waals surface area (Å²) in [6, 6.07) is 10.7. The lowest BCUT2D eigenvalue weighted by molar-refractivity contribution is -0.335. The molecule has 1 aromatic rings. The molecular formula is C32H46O5S. The van der Waals surface area contributed by atoms with Crippen molar-refractivity contribution in [1.29, 1.82) is 0 Å². The van der Waals surface area contributed by atoms with Crippen LogP contribution in [0.5, 0.6) is 0 Å². The smallest absolute Gasteiger partial charge is 0.314 e. The molecule has 0 N–H and O–H groups in total. The number of esters is 1. The van der Waals surface area contributed by atoms with Gasteiger partial charge in [-0.1, -0.05) is 32.0 Å². The van der Waals surface area contributed by atoms with Gasteiger partial charge < -0.3 is 18.9 Å². The van der Waals surface area contributed by atoms with Gasteiger partial charge in [0.25, 0.3) is 0 Å². The van der Waals surface area contributed by atoms with Crippen LogP contribution < -0.4 is 0 Å². The molecular weight excluding hydrogens is 496 g/mol. The third-order valence-electron chi connectivity index (χ3n) is 12.0. The number of fused-ring (bicyclic) bond motifs is 3. The molecule has 4 saturated carbocycles. The molecule has 0 amide bonds. The van der Waals surface area contributed by atoms with Crippen molar-refractivity contribution in [3.8, 4) is 0 Å². The Bertz CT molecular complexity index is 1020. The van der Waals surface area contributed by atoms with Crippen LogP contribution in [0.15, 0.2) is 35.2 Å². The molecule has 1 aliphatic heterocycles. The second-order valence-corrected chi connectivity index (χ2v) is 14.5. The zero-order chi connectivity index (χ0) is 26.7. The molecule has 1 saturated heterocycles. The summed E-state index contributed by atoms with van der Waals surface area (Å²) in [5.41, 5.74) is -0.0269. The molecule has 6 rings (SSSR count). The number of thioether (sulfide) groups is 1. The number of hydrogen-bond donors (Lipinski definition) is 0. The summed E-state index contributed by atoms with van der Waals surface area (Å²) in [7, 11) is 3.59. The SMILES string of the molecule is CCOC(=O)[C@@H]1C(OC)O[C@]23C[C@@H](Sc4ccccc4)[C@H]1[C@@]2(C)CC[C@H]1[C@H]3CC[C@H]2C[C@@H](OC)CC[C@@]21C. The van der Waals surface area contributed by atoms with E-state index in [0.717, 1.165) is 18.8 Å². The standard InChI is InChI=1S/C32H46O5S/c1-6-36-28(33)26-27-25(38-22-10-8-7-9-11-22)19-32(37-29(26)35-5)24-13-12-20-18-21(34-4)14-16-30(20,2)23(24)15-17-31(27,32)3/h7-11,20-21,23-27,29H,6,12-19H2,1-5H3/t20-,21-,23-,24+,25+,26+,27+,29?,30-,31+,32-/m0/s1. The fraction of sp³-hybridized carbons (Fsp3) is 0.781. The van der Waals surface area contributed by atoms with Gasteiger partial charge in [-0.2, -0.15) is 0 Å². The highest BCUT2D eigenvalue weighted by molar-refractivity contribution is 8.00. The molecule has 5 aliphatic rings. The number of carbonyl (C=O) groups excluding carboxylic acids is 1.